The molecule has 146 valence electrons. The number of benzene rings is 2. The van der Waals surface area contributed by atoms with E-state index in [0.29, 0.717) is 28.3 Å². The summed E-state index contributed by atoms with van der Waals surface area (Å²) >= 11 is 0. The summed E-state index contributed by atoms with van der Waals surface area (Å²) in [4.78, 5) is 32.0. The van der Waals surface area contributed by atoms with Crippen LogP contribution in [0.4, 0.5) is 16.2 Å². The number of aryl methyl sites for hydroxylation is 1. The van der Waals surface area contributed by atoms with Gasteiger partial charge >= 0.3 is 6.03 Å². The van der Waals surface area contributed by atoms with Crippen molar-refractivity contribution in [3.63, 3.8) is 0 Å². The zero-order chi connectivity index (χ0) is 21.0. The third-order valence-electron chi connectivity index (χ3n) is 4.24. The van der Waals surface area contributed by atoms with Crippen LogP contribution in [0.15, 0.2) is 48.5 Å². The number of aromatic nitrogens is 2. The SMILES string of the molecule is Cc1[nH]c(CN(C)C(=O)Nc2cccc(C#N)c2)nc1-c1cccc([N+](=O)[O-])c1. The molecule has 9 heteroatoms. The smallest absolute Gasteiger partial charge is 0.321 e. The fourth-order valence-electron chi connectivity index (χ4n) is 2.83. The molecule has 0 aliphatic rings. The Hall–Kier alpha value is -4.19. The second-order valence-electron chi connectivity index (χ2n) is 6.44. The number of non-ortho nitro benzene ring substituents is 1. The zero-order valence-corrected chi connectivity index (χ0v) is 15.8. The van der Waals surface area contributed by atoms with Crippen LogP contribution in [-0.4, -0.2) is 32.9 Å². The van der Waals surface area contributed by atoms with Gasteiger partial charge in [-0.05, 0) is 25.1 Å². The number of anilines is 1. The normalized spacial score (nSPS) is 10.2. The maximum absolute atomic E-state index is 12.4. The summed E-state index contributed by atoms with van der Waals surface area (Å²) < 4.78 is 0. The van der Waals surface area contributed by atoms with Gasteiger partial charge in [0, 0.05) is 36.1 Å². The summed E-state index contributed by atoms with van der Waals surface area (Å²) in [6.07, 6.45) is 0. The Balaban J connectivity index is 1.73. The van der Waals surface area contributed by atoms with Crippen molar-refractivity contribution < 1.29 is 9.72 Å². The number of hydrogen-bond acceptors (Lipinski definition) is 5. The third kappa shape index (κ3) is 4.56. The monoisotopic (exact) mass is 390 g/mol. The molecule has 1 aromatic heterocycles. The number of urea groups is 1. The van der Waals surface area contributed by atoms with Crippen LogP contribution in [0.2, 0.25) is 0 Å². The molecule has 9 nitrogen and oxygen atoms in total. The number of rotatable bonds is 5. The molecule has 0 bridgehead atoms. The topological polar surface area (TPSA) is 128 Å². The fraction of sp³-hybridized carbons (Fsp3) is 0.150. The van der Waals surface area contributed by atoms with Crippen molar-refractivity contribution in [1.29, 1.82) is 5.26 Å². The molecule has 1 heterocycles. The summed E-state index contributed by atoms with van der Waals surface area (Å²) in [6, 6.07) is 14.5. The molecule has 0 saturated carbocycles. The van der Waals surface area contributed by atoms with Gasteiger partial charge in [0.15, 0.2) is 0 Å². The molecule has 0 spiro atoms. The predicted octanol–water partition coefficient (Wildman–Crippen LogP) is 3.83. The van der Waals surface area contributed by atoms with Crippen molar-refractivity contribution in [2.24, 2.45) is 0 Å². The largest absolute Gasteiger partial charge is 0.344 e. The number of nitrogens with zero attached hydrogens (tertiary/aromatic N) is 4. The van der Waals surface area contributed by atoms with E-state index < -0.39 is 4.92 Å². The Morgan fingerprint density at radius 2 is 2.07 bits per heavy atom. The average Bonchev–Trinajstić information content (AvgIpc) is 3.08. The fourth-order valence-corrected chi connectivity index (χ4v) is 2.83. The first-order valence-corrected chi connectivity index (χ1v) is 8.70. The van der Waals surface area contributed by atoms with Gasteiger partial charge in [0.1, 0.15) is 5.82 Å². The minimum Gasteiger partial charge on any atom is -0.344 e. The highest BCUT2D eigenvalue weighted by Crippen LogP contribution is 2.25. The van der Waals surface area contributed by atoms with Crippen molar-refractivity contribution in [3.8, 4) is 17.3 Å². The number of amides is 2. The van der Waals surface area contributed by atoms with E-state index in [-0.39, 0.29) is 18.3 Å². The highest BCUT2D eigenvalue weighted by Gasteiger charge is 2.16. The number of carbonyl (C=O) groups is 1. The van der Waals surface area contributed by atoms with Crippen LogP contribution >= 0.6 is 0 Å². The minimum atomic E-state index is -0.453. The quantitative estimate of drug-likeness (QED) is 0.505. The molecule has 0 radical (unpaired) electrons. The van der Waals surface area contributed by atoms with Gasteiger partial charge in [0.2, 0.25) is 0 Å². The van der Waals surface area contributed by atoms with E-state index in [2.05, 4.69) is 15.3 Å². The molecular weight excluding hydrogens is 372 g/mol. The number of aromatic amines is 1. The van der Waals surface area contributed by atoms with E-state index in [1.165, 1.54) is 17.0 Å². The van der Waals surface area contributed by atoms with Crippen LogP contribution in [-0.2, 0) is 6.54 Å². The Bertz CT molecular complexity index is 1120. The second kappa shape index (κ2) is 8.22. The van der Waals surface area contributed by atoms with E-state index in [1.54, 1.807) is 43.4 Å². The van der Waals surface area contributed by atoms with Crippen LogP contribution < -0.4 is 5.32 Å². The maximum atomic E-state index is 12.4. The highest BCUT2D eigenvalue weighted by atomic mass is 16.6. The standard InChI is InChI=1S/C20H18N6O3/c1-13-19(15-6-4-8-17(10-15)26(28)29)24-18(22-13)12-25(2)20(27)23-16-7-3-5-14(9-16)11-21/h3-10H,12H2,1-2H3,(H,22,24)(H,23,27). The molecule has 3 rings (SSSR count). The number of imidazole rings is 1. The first kappa shape index (κ1) is 19.6. The van der Waals surface area contributed by atoms with Crippen LogP contribution in [0.5, 0.6) is 0 Å². The molecule has 2 aromatic carbocycles. The lowest BCUT2D eigenvalue weighted by atomic mass is 10.1. The van der Waals surface area contributed by atoms with Crippen LogP contribution in [0.1, 0.15) is 17.1 Å². The van der Waals surface area contributed by atoms with E-state index in [1.807, 2.05) is 13.0 Å². The second-order valence-corrected chi connectivity index (χ2v) is 6.44. The molecule has 0 aliphatic heterocycles. The van der Waals surface area contributed by atoms with Crippen molar-refractivity contribution in [1.82, 2.24) is 14.9 Å². The van der Waals surface area contributed by atoms with Crippen LogP contribution in [0.25, 0.3) is 11.3 Å². The average molecular weight is 390 g/mol. The summed E-state index contributed by atoms with van der Waals surface area (Å²) in [7, 11) is 1.62. The van der Waals surface area contributed by atoms with Gasteiger partial charge in [-0.3, -0.25) is 10.1 Å². The van der Waals surface area contributed by atoms with Crippen LogP contribution in [0, 0.1) is 28.4 Å². The Morgan fingerprint density at radius 1 is 1.31 bits per heavy atom. The molecule has 2 N–H and O–H groups in total. The molecule has 0 saturated heterocycles. The number of nitro groups is 1. The number of H-pyrrole nitrogens is 1. The lowest BCUT2D eigenvalue weighted by Gasteiger charge is -2.16. The van der Waals surface area contributed by atoms with Gasteiger partial charge in [-0.25, -0.2) is 9.78 Å². The van der Waals surface area contributed by atoms with E-state index >= 15 is 0 Å². The lowest BCUT2D eigenvalue weighted by Crippen LogP contribution is -2.31. The maximum Gasteiger partial charge on any atom is 0.321 e. The Kier molecular flexibility index (Phi) is 5.55. The molecular formula is C20H18N6O3. The van der Waals surface area contributed by atoms with Crippen molar-refractivity contribution >= 4 is 17.4 Å². The van der Waals surface area contributed by atoms with E-state index in [4.69, 9.17) is 5.26 Å². The number of nitro benzene ring substituents is 1. The molecule has 0 fully saturated rings. The number of carbonyl (C=O) groups excluding carboxylic acids is 1. The first-order chi connectivity index (χ1) is 13.9. The number of hydrogen-bond donors (Lipinski definition) is 2. The Morgan fingerprint density at radius 3 is 2.79 bits per heavy atom. The third-order valence-corrected chi connectivity index (χ3v) is 4.24. The molecule has 0 atom stereocenters. The van der Waals surface area contributed by atoms with E-state index in [0.717, 1.165) is 5.69 Å². The first-order valence-electron chi connectivity index (χ1n) is 8.70. The van der Waals surface area contributed by atoms with Crippen molar-refractivity contribution in [2.75, 3.05) is 12.4 Å². The Labute approximate surface area is 166 Å². The van der Waals surface area contributed by atoms with Gasteiger partial charge in [-0.15, -0.1) is 0 Å². The zero-order valence-electron chi connectivity index (χ0n) is 15.8. The number of nitriles is 1. The summed E-state index contributed by atoms with van der Waals surface area (Å²) in [5.41, 5.74) is 2.93. The van der Waals surface area contributed by atoms with Gasteiger partial charge in [0.25, 0.3) is 5.69 Å². The summed E-state index contributed by atoms with van der Waals surface area (Å²) in [5, 5.41) is 22.7. The molecule has 29 heavy (non-hydrogen) atoms. The van der Waals surface area contributed by atoms with Gasteiger partial charge in [-0.1, -0.05) is 18.2 Å². The van der Waals surface area contributed by atoms with Crippen molar-refractivity contribution in [3.05, 3.63) is 75.7 Å². The number of nitrogens with one attached hydrogen (secondary N) is 2. The highest BCUT2D eigenvalue weighted by molar-refractivity contribution is 5.89. The van der Waals surface area contributed by atoms with Crippen LogP contribution in [0.3, 0.4) is 0 Å². The molecule has 2 amide bonds. The molecule has 0 aliphatic carbocycles. The summed E-state index contributed by atoms with van der Waals surface area (Å²) in [6.45, 7) is 2.03. The predicted molar refractivity (Wildman–Crippen MR) is 107 cm³/mol. The van der Waals surface area contributed by atoms with Crippen molar-refractivity contribution in [2.45, 2.75) is 13.5 Å². The van der Waals surface area contributed by atoms with Gasteiger partial charge < -0.3 is 15.2 Å². The van der Waals surface area contributed by atoms with Gasteiger partial charge in [-0.2, -0.15) is 5.26 Å². The molecule has 3 aromatic rings. The van der Waals surface area contributed by atoms with Gasteiger partial charge in [0.05, 0.1) is 28.8 Å². The minimum absolute atomic E-state index is 0.0115. The lowest BCUT2D eigenvalue weighted by molar-refractivity contribution is -0.384. The summed E-state index contributed by atoms with van der Waals surface area (Å²) in [5.74, 6) is 0.549. The molecule has 0 unspecified atom stereocenters. The van der Waals surface area contributed by atoms with E-state index in [9.17, 15) is 14.9 Å².